The molecule has 1 N–H and O–H groups in total. The van der Waals surface area contributed by atoms with Crippen molar-refractivity contribution < 1.29 is 4.74 Å². The molecule has 20 heavy (non-hydrogen) atoms. The second kappa shape index (κ2) is 7.24. The van der Waals surface area contributed by atoms with E-state index in [-0.39, 0.29) is 6.10 Å². The minimum Gasteiger partial charge on any atom is -0.372 e. The van der Waals surface area contributed by atoms with E-state index in [1.165, 1.54) is 49.7 Å². The molecule has 3 rings (SSSR count). The summed E-state index contributed by atoms with van der Waals surface area (Å²) in [4.78, 5) is 0. The molecule has 1 aliphatic heterocycles. The van der Waals surface area contributed by atoms with Crippen molar-refractivity contribution >= 4 is 0 Å². The lowest BCUT2D eigenvalue weighted by molar-refractivity contribution is 0.0426. The van der Waals surface area contributed by atoms with Gasteiger partial charge >= 0.3 is 0 Å². The molecule has 1 fully saturated rings. The third-order valence-electron chi connectivity index (χ3n) is 4.86. The molecule has 0 saturated heterocycles. The van der Waals surface area contributed by atoms with Crippen LogP contribution in [-0.4, -0.2) is 19.7 Å². The molecule has 2 nitrogen and oxygen atoms in total. The van der Waals surface area contributed by atoms with Gasteiger partial charge in [0, 0.05) is 6.54 Å². The van der Waals surface area contributed by atoms with Crippen LogP contribution in [0.3, 0.4) is 0 Å². The van der Waals surface area contributed by atoms with E-state index in [0.29, 0.717) is 0 Å². The highest BCUT2D eigenvalue weighted by atomic mass is 16.5. The van der Waals surface area contributed by atoms with Crippen LogP contribution >= 0.6 is 0 Å². The molecule has 1 aromatic rings. The van der Waals surface area contributed by atoms with Gasteiger partial charge in [0.2, 0.25) is 0 Å². The number of ether oxygens (including phenoxy) is 1. The highest BCUT2D eigenvalue weighted by Gasteiger charge is 2.19. The Balaban J connectivity index is 1.38. The van der Waals surface area contributed by atoms with Gasteiger partial charge in [0.15, 0.2) is 0 Å². The summed E-state index contributed by atoms with van der Waals surface area (Å²) in [5, 5.41) is 3.59. The van der Waals surface area contributed by atoms with Gasteiger partial charge in [0.25, 0.3) is 0 Å². The monoisotopic (exact) mass is 273 g/mol. The summed E-state index contributed by atoms with van der Waals surface area (Å²) in [5.41, 5.74) is 2.86. The summed E-state index contributed by atoms with van der Waals surface area (Å²) in [5.74, 6) is 1.02. The SMILES string of the molecule is c1ccc2c(c1)CCOC2CNCCCC1CCCC1. The lowest BCUT2D eigenvalue weighted by atomic mass is 9.97. The van der Waals surface area contributed by atoms with Crippen molar-refractivity contribution in [2.45, 2.75) is 51.0 Å². The second-order valence-corrected chi connectivity index (χ2v) is 6.31. The topological polar surface area (TPSA) is 21.3 Å². The van der Waals surface area contributed by atoms with E-state index in [9.17, 15) is 0 Å². The number of benzene rings is 1. The molecule has 1 aliphatic carbocycles. The maximum Gasteiger partial charge on any atom is 0.0952 e. The Bertz CT molecular complexity index is 412. The lowest BCUT2D eigenvalue weighted by Crippen LogP contribution is -2.28. The van der Waals surface area contributed by atoms with Crippen molar-refractivity contribution in [1.82, 2.24) is 5.32 Å². The van der Waals surface area contributed by atoms with Gasteiger partial charge in [-0.3, -0.25) is 0 Å². The number of hydrogen-bond acceptors (Lipinski definition) is 2. The van der Waals surface area contributed by atoms with Gasteiger partial charge in [0.05, 0.1) is 12.7 Å². The average molecular weight is 273 g/mol. The summed E-state index contributed by atoms with van der Waals surface area (Å²) >= 11 is 0. The van der Waals surface area contributed by atoms with Crippen LogP contribution in [0.2, 0.25) is 0 Å². The van der Waals surface area contributed by atoms with E-state index >= 15 is 0 Å². The van der Waals surface area contributed by atoms with Crippen molar-refractivity contribution in [2.75, 3.05) is 19.7 Å². The normalized spacial score (nSPS) is 22.9. The van der Waals surface area contributed by atoms with Crippen LogP contribution < -0.4 is 5.32 Å². The molecule has 1 saturated carbocycles. The Labute approximate surface area is 122 Å². The molecular weight excluding hydrogens is 246 g/mol. The number of rotatable bonds is 6. The van der Waals surface area contributed by atoms with Crippen molar-refractivity contribution in [3.8, 4) is 0 Å². The van der Waals surface area contributed by atoms with Gasteiger partial charge in [-0.1, -0.05) is 49.9 Å². The van der Waals surface area contributed by atoms with Crippen LogP contribution in [0.5, 0.6) is 0 Å². The largest absolute Gasteiger partial charge is 0.372 e. The standard InChI is InChI=1S/C18H27NO/c1-2-7-15(6-1)8-5-12-19-14-18-17-10-4-3-9-16(17)11-13-20-18/h3-4,9-10,15,18-19H,1-2,5-8,11-14H2. The summed E-state index contributed by atoms with van der Waals surface area (Å²) in [7, 11) is 0. The van der Waals surface area contributed by atoms with Gasteiger partial charge in [-0.2, -0.15) is 0 Å². The van der Waals surface area contributed by atoms with E-state index in [1.54, 1.807) is 0 Å². The number of nitrogens with one attached hydrogen (secondary N) is 1. The molecule has 0 radical (unpaired) electrons. The number of hydrogen-bond donors (Lipinski definition) is 1. The van der Waals surface area contributed by atoms with Crippen LogP contribution in [0.15, 0.2) is 24.3 Å². The Morgan fingerprint density at radius 3 is 2.90 bits per heavy atom. The van der Waals surface area contributed by atoms with Crippen LogP contribution in [0, 0.1) is 5.92 Å². The van der Waals surface area contributed by atoms with Crippen LogP contribution in [0.4, 0.5) is 0 Å². The molecule has 1 unspecified atom stereocenters. The first kappa shape index (κ1) is 14.1. The minimum absolute atomic E-state index is 0.256. The molecule has 0 bridgehead atoms. The summed E-state index contributed by atoms with van der Waals surface area (Å²) in [6.07, 6.45) is 9.92. The van der Waals surface area contributed by atoms with Gasteiger partial charge in [-0.15, -0.1) is 0 Å². The first-order chi connectivity index (χ1) is 9.93. The third kappa shape index (κ3) is 3.62. The zero-order chi connectivity index (χ0) is 13.6. The summed E-state index contributed by atoms with van der Waals surface area (Å²) in [6.45, 7) is 2.96. The van der Waals surface area contributed by atoms with Crippen molar-refractivity contribution in [2.24, 2.45) is 5.92 Å². The average Bonchev–Trinajstić information content (AvgIpc) is 3.00. The van der Waals surface area contributed by atoms with Crippen LogP contribution in [-0.2, 0) is 11.2 Å². The zero-order valence-corrected chi connectivity index (χ0v) is 12.4. The fourth-order valence-corrected chi connectivity index (χ4v) is 3.69. The van der Waals surface area contributed by atoms with Gasteiger partial charge in [-0.05, 0) is 42.9 Å². The maximum absolute atomic E-state index is 5.92. The highest BCUT2D eigenvalue weighted by molar-refractivity contribution is 5.31. The predicted molar refractivity (Wildman–Crippen MR) is 82.9 cm³/mol. The molecule has 1 atom stereocenters. The first-order valence-corrected chi connectivity index (χ1v) is 8.33. The molecule has 0 aromatic heterocycles. The molecule has 2 aliphatic rings. The number of fused-ring (bicyclic) bond motifs is 1. The molecular formula is C18H27NO. The lowest BCUT2D eigenvalue weighted by Gasteiger charge is -2.26. The summed E-state index contributed by atoms with van der Waals surface area (Å²) in [6, 6.07) is 8.72. The highest BCUT2D eigenvalue weighted by Crippen LogP contribution is 2.28. The second-order valence-electron chi connectivity index (χ2n) is 6.31. The van der Waals surface area contributed by atoms with Crippen LogP contribution in [0.1, 0.15) is 55.8 Å². The van der Waals surface area contributed by atoms with Gasteiger partial charge in [0.1, 0.15) is 0 Å². The summed E-state index contributed by atoms with van der Waals surface area (Å²) < 4.78 is 5.92. The van der Waals surface area contributed by atoms with Crippen molar-refractivity contribution in [3.63, 3.8) is 0 Å². The Hall–Kier alpha value is -0.860. The quantitative estimate of drug-likeness (QED) is 0.795. The molecule has 1 aromatic carbocycles. The smallest absolute Gasteiger partial charge is 0.0952 e. The zero-order valence-electron chi connectivity index (χ0n) is 12.4. The molecule has 0 spiro atoms. The van der Waals surface area contributed by atoms with Gasteiger partial charge in [-0.25, -0.2) is 0 Å². The van der Waals surface area contributed by atoms with E-state index in [1.807, 2.05) is 0 Å². The van der Waals surface area contributed by atoms with Gasteiger partial charge < -0.3 is 10.1 Å². The molecule has 110 valence electrons. The van der Waals surface area contributed by atoms with E-state index in [2.05, 4.69) is 29.6 Å². The molecule has 2 heteroatoms. The first-order valence-electron chi connectivity index (χ1n) is 8.33. The van der Waals surface area contributed by atoms with Crippen molar-refractivity contribution in [1.29, 1.82) is 0 Å². The molecule has 0 amide bonds. The van der Waals surface area contributed by atoms with Crippen molar-refractivity contribution in [3.05, 3.63) is 35.4 Å². The predicted octanol–water partition coefficient (Wildman–Crippen LogP) is 3.86. The maximum atomic E-state index is 5.92. The molecule has 1 heterocycles. The third-order valence-corrected chi connectivity index (χ3v) is 4.86. The Morgan fingerprint density at radius 1 is 1.15 bits per heavy atom. The van der Waals surface area contributed by atoms with E-state index in [4.69, 9.17) is 4.74 Å². The Morgan fingerprint density at radius 2 is 2.00 bits per heavy atom. The minimum atomic E-state index is 0.256. The fraction of sp³-hybridized carbons (Fsp3) is 0.667. The van der Waals surface area contributed by atoms with Crippen LogP contribution in [0.25, 0.3) is 0 Å². The van der Waals surface area contributed by atoms with E-state index < -0.39 is 0 Å². The fourth-order valence-electron chi connectivity index (χ4n) is 3.69. The van der Waals surface area contributed by atoms with E-state index in [0.717, 1.165) is 32.0 Å². The Kier molecular flexibility index (Phi) is 5.10.